The first-order valence-corrected chi connectivity index (χ1v) is 12.6. The number of pyridine rings is 1. The van der Waals surface area contributed by atoms with Crippen LogP contribution < -0.4 is 15.5 Å². The summed E-state index contributed by atoms with van der Waals surface area (Å²) < 4.78 is 0.966. The van der Waals surface area contributed by atoms with E-state index in [2.05, 4.69) is 31.6 Å². The van der Waals surface area contributed by atoms with Crippen molar-refractivity contribution in [2.75, 3.05) is 37.4 Å². The Morgan fingerprint density at radius 1 is 1.21 bits per heavy atom. The Hall–Kier alpha value is -2.78. The number of hydrogen-bond acceptors (Lipinski definition) is 8. The lowest BCUT2D eigenvalue weighted by Crippen LogP contribution is -2.43. The molecule has 3 fully saturated rings. The summed E-state index contributed by atoms with van der Waals surface area (Å²) in [5.74, 6) is 1.69. The summed E-state index contributed by atoms with van der Waals surface area (Å²) in [6.07, 6.45) is 9.63. The van der Waals surface area contributed by atoms with E-state index in [0.29, 0.717) is 23.9 Å². The fraction of sp³-hybridized carbons (Fsp3) is 0.500. The van der Waals surface area contributed by atoms with Crippen molar-refractivity contribution in [2.24, 2.45) is 0 Å². The molecule has 2 atom stereocenters. The summed E-state index contributed by atoms with van der Waals surface area (Å²) in [7, 11) is 3.62. The molecule has 3 aromatic rings. The molecule has 0 radical (unpaired) electrons. The topological polar surface area (TPSA) is 86.3 Å². The number of nitrogens with one attached hydrogen (secondary N) is 2. The van der Waals surface area contributed by atoms with Crippen molar-refractivity contribution in [1.29, 1.82) is 0 Å². The van der Waals surface area contributed by atoms with E-state index < -0.39 is 0 Å². The van der Waals surface area contributed by atoms with Crippen molar-refractivity contribution in [3.63, 3.8) is 0 Å². The molecule has 6 rings (SSSR count). The maximum atomic E-state index is 12.9. The largest absolute Gasteiger partial charge is 0.364 e. The molecule has 172 valence electrons. The number of carbonyl (C=O) groups is 1. The monoisotopic (exact) mass is 463 g/mol. The van der Waals surface area contributed by atoms with Crippen LogP contribution in [0.5, 0.6) is 0 Å². The fourth-order valence-electron chi connectivity index (χ4n) is 5.55. The number of amides is 1. The number of hydrogen-bond donors (Lipinski definition) is 2. The summed E-state index contributed by atoms with van der Waals surface area (Å²) >= 11 is 1.51. The van der Waals surface area contributed by atoms with Crippen molar-refractivity contribution < 1.29 is 4.79 Å². The van der Waals surface area contributed by atoms with E-state index in [1.807, 2.05) is 32.6 Å². The molecular weight excluding hydrogens is 434 g/mol. The van der Waals surface area contributed by atoms with Gasteiger partial charge in [0.1, 0.15) is 5.82 Å². The molecule has 0 spiro atoms. The molecule has 1 saturated carbocycles. The Morgan fingerprint density at radius 3 is 2.73 bits per heavy atom. The molecule has 3 aromatic heterocycles. The summed E-state index contributed by atoms with van der Waals surface area (Å²) in [5.41, 5.74) is 3.18. The molecule has 8 nitrogen and oxygen atoms in total. The number of fused-ring (bicyclic) bond motifs is 3. The van der Waals surface area contributed by atoms with E-state index in [0.717, 1.165) is 52.4 Å². The second kappa shape index (κ2) is 8.22. The minimum Gasteiger partial charge on any atom is -0.364 e. The maximum absolute atomic E-state index is 12.9. The number of nitrogens with zero attached hydrogens (tertiary/aromatic N) is 5. The van der Waals surface area contributed by atoms with E-state index in [-0.39, 0.29) is 5.91 Å². The highest BCUT2D eigenvalue weighted by Gasteiger charge is 2.37. The molecule has 1 amide bonds. The predicted octanol–water partition coefficient (Wildman–Crippen LogP) is 3.74. The van der Waals surface area contributed by atoms with E-state index in [4.69, 9.17) is 4.98 Å². The Morgan fingerprint density at radius 2 is 2.06 bits per heavy atom. The van der Waals surface area contributed by atoms with E-state index in [9.17, 15) is 4.79 Å². The van der Waals surface area contributed by atoms with Gasteiger partial charge in [-0.1, -0.05) is 12.8 Å². The van der Waals surface area contributed by atoms with Gasteiger partial charge in [-0.05, 0) is 37.3 Å². The normalized spacial score (nSPS) is 22.4. The Balaban J connectivity index is 1.28. The second-order valence-corrected chi connectivity index (χ2v) is 10.7. The minimum atomic E-state index is 0.0532. The summed E-state index contributed by atoms with van der Waals surface area (Å²) in [4.78, 5) is 31.8. The van der Waals surface area contributed by atoms with Gasteiger partial charge in [0.05, 0.1) is 33.2 Å². The number of carbonyl (C=O) groups excluding carboxylic acids is 1. The van der Waals surface area contributed by atoms with Gasteiger partial charge in [-0.2, -0.15) is 0 Å². The first kappa shape index (κ1) is 20.8. The predicted molar refractivity (Wildman–Crippen MR) is 132 cm³/mol. The molecule has 33 heavy (non-hydrogen) atoms. The molecule has 2 aliphatic heterocycles. The molecular formula is C24H29N7OS. The van der Waals surface area contributed by atoms with Crippen LogP contribution >= 0.6 is 11.3 Å². The Labute approximate surface area is 197 Å². The maximum Gasteiger partial charge on any atom is 0.263 e. The van der Waals surface area contributed by atoms with Gasteiger partial charge in [-0.15, -0.1) is 11.3 Å². The van der Waals surface area contributed by atoms with Crippen molar-refractivity contribution in [3.05, 3.63) is 35.0 Å². The minimum absolute atomic E-state index is 0.0532. The average Bonchev–Trinajstić information content (AvgIpc) is 3.62. The van der Waals surface area contributed by atoms with Crippen molar-refractivity contribution >= 4 is 44.9 Å². The van der Waals surface area contributed by atoms with Crippen molar-refractivity contribution in [1.82, 2.24) is 25.2 Å². The number of thiophene rings is 1. The third-order valence-electron chi connectivity index (χ3n) is 7.21. The molecule has 0 aromatic carbocycles. The van der Waals surface area contributed by atoms with Crippen LogP contribution in [0.2, 0.25) is 0 Å². The second-order valence-electron chi connectivity index (χ2n) is 9.61. The lowest BCUT2D eigenvalue weighted by molar-refractivity contribution is 0.0831. The number of piperazine rings is 1. The van der Waals surface area contributed by atoms with Gasteiger partial charge in [0.2, 0.25) is 5.95 Å². The SMILES string of the molecule is CN(C)C(=O)c1sc2cnc(Nc3ccc(N4CC5C[C@@H]4CN5)cn3)nc2c1C1CCCC1. The molecule has 2 bridgehead atoms. The lowest BCUT2D eigenvalue weighted by Gasteiger charge is -2.29. The highest BCUT2D eigenvalue weighted by molar-refractivity contribution is 7.21. The smallest absolute Gasteiger partial charge is 0.263 e. The third kappa shape index (κ3) is 3.73. The van der Waals surface area contributed by atoms with Gasteiger partial charge < -0.3 is 20.4 Å². The zero-order valence-corrected chi connectivity index (χ0v) is 19.9. The van der Waals surface area contributed by atoms with E-state index in [1.165, 1.54) is 36.3 Å². The van der Waals surface area contributed by atoms with E-state index in [1.54, 1.807) is 4.90 Å². The summed E-state index contributed by atoms with van der Waals surface area (Å²) in [5, 5.41) is 6.81. The zero-order chi connectivity index (χ0) is 22.5. The number of rotatable bonds is 5. The van der Waals surface area contributed by atoms with Crippen LogP contribution in [0.4, 0.5) is 17.5 Å². The van der Waals surface area contributed by atoms with Gasteiger partial charge in [0.25, 0.3) is 5.91 Å². The van der Waals surface area contributed by atoms with Crippen molar-refractivity contribution in [2.45, 2.75) is 50.1 Å². The lowest BCUT2D eigenvalue weighted by atomic mass is 9.96. The average molecular weight is 464 g/mol. The molecule has 2 saturated heterocycles. The molecule has 9 heteroatoms. The molecule has 2 N–H and O–H groups in total. The van der Waals surface area contributed by atoms with Gasteiger partial charge in [-0.3, -0.25) is 4.79 Å². The third-order valence-corrected chi connectivity index (χ3v) is 8.32. The zero-order valence-electron chi connectivity index (χ0n) is 19.0. The first-order chi connectivity index (χ1) is 16.1. The van der Waals surface area contributed by atoms with Crippen LogP contribution in [0.3, 0.4) is 0 Å². The van der Waals surface area contributed by atoms with Gasteiger partial charge in [0.15, 0.2) is 0 Å². The van der Waals surface area contributed by atoms with Crippen LogP contribution in [0.1, 0.15) is 53.3 Å². The van der Waals surface area contributed by atoms with E-state index >= 15 is 0 Å². The number of anilines is 3. The van der Waals surface area contributed by atoms with Gasteiger partial charge >= 0.3 is 0 Å². The van der Waals surface area contributed by atoms with Crippen LogP contribution in [0.25, 0.3) is 10.2 Å². The Bertz CT molecular complexity index is 1190. The quantitative estimate of drug-likeness (QED) is 0.596. The summed E-state index contributed by atoms with van der Waals surface area (Å²) in [6.45, 7) is 2.11. The van der Waals surface area contributed by atoms with Crippen molar-refractivity contribution in [3.8, 4) is 0 Å². The summed E-state index contributed by atoms with van der Waals surface area (Å²) in [6, 6.07) is 5.30. The number of aromatic nitrogens is 3. The van der Waals surface area contributed by atoms with Crippen LogP contribution in [-0.4, -0.2) is 65.0 Å². The first-order valence-electron chi connectivity index (χ1n) is 11.8. The molecule has 5 heterocycles. The fourth-order valence-corrected chi connectivity index (χ4v) is 6.77. The molecule has 1 aliphatic carbocycles. The molecule has 3 aliphatic rings. The Kier molecular flexibility index (Phi) is 5.18. The van der Waals surface area contributed by atoms with Gasteiger partial charge in [0, 0.05) is 44.8 Å². The van der Waals surface area contributed by atoms with Crippen LogP contribution in [0.15, 0.2) is 24.5 Å². The van der Waals surface area contributed by atoms with Crippen LogP contribution in [-0.2, 0) is 0 Å². The standard InChI is InChI=1S/C24H29N7OS/c1-30(2)23(32)22-20(14-5-3-4-6-14)21-18(33-22)12-27-24(29-21)28-19-8-7-16(10-26-19)31-13-15-9-17(31)11-25-15/h7-8,10,12,14-15,17,25H,3-6,9,11,13H2,1-2H3,(H,26,27,28,29)/t15?,17-/m1/s1. The highest BCUT2D eigenvalue weighted by atomic mass is 32.1. The van der Waals surface area contributed by atoms with Gasteiger partial charge in [-0.25, -0.2) is 15.0 Å². The molecule has 1 unspecified atom stereocenters. The highest BCUT2D eigenvalue weighted by Crippen LogP contribution is 2.43. The van der Waals surface area contributed by atoms with Crippen LogP contribution in [0, 0.1) is 0 Å².